The van der Waals surface area contributed by atoms with Crippen LogP contribution in [0.25, 0.3) is 0 Å². The number of aliphatic imine (C=N–C) groups is 1. The first-order valence-electron chi connectivity index (χ1n) is 6.48. The first-order chi connectivity index (χ1) is 8.74. The van der Waals surface area contributed by atoms with Crippen LogP contribution in [0.15, 0.2) is 53.9 Å². The Balaban J connectivity index is 0. The SMILES string of the molecule is C=C/C(C)=C\N=C(C)c1cccnc1.CC.CC. The molecule has 0 spiro atoms. The van der Waals surface area contributed by atoms with Crippen LogP contribution in [-0.2, 0) is 0 Å². The average molecular weight is 246 g/mol. The fourth-order valence-electron chi connectivity index (χ4n) is 0.903. The largest absolute Gasteiger partial charge is 0.264 e. The minimum atomic E-state index is 0.958. The Morgan fingerprint density at radius 2 is 1.83 bits per heavy atom. The van der Waals surface area contributed by atoms with Crippen LogP contribution in [0.2, 0.25) is 0 Å². The number of aromatic nitrogens is 1. The number of allylic oxidation sites excluding steroid dienone is 2. The summed E-state index contributed by atoms with van der Waals surface area (Å²) in [5.41, 5.74) is 3.05. The van der Waals surface area contributed by atoms with Gasteiger partial charge in [0.25, 0.3) is 0 Å². The maximum absolute atomic E-state index is 4.31. The summed E-state index contributed by atoms with van der Waals surface area (Å²) in [6.07, 6.45) is 7.13. The molecule has 1 aromatic rings. The Morgan fingerprint density at radius 1 is 1.22 bits per heavy atom. The predicted octanol–water partition coefficient (Wildman–Crippen LogP) is 5.03. The van der Waals surface area contributed by atoms with Gasteiger partial charge in [-0.3, -0.25) is 9.98 Å². The lowest BCUT2D eigenvalue weighted by Gasteiger charge is -1.97. The summed E-state index contributed by atoms with van der Waals surface area (Å²) in [5.74, 6) is 0. The zero-order valence-electron chi connectivity index (χ0n) is 12.6. The summed E-state index contributed by atoms with van der Waals surface area (Å²) in [6.45, 7) is 15.6. The molecular weight excluding hydrogens is 220 g/mol. The molecule has 18 heavy (non-hydrogen) atoms. The van der Waals surface area contributed by atoms with Gasteiger partial charge in [-0.25, -0.2) is 0 Å². The molecule has 100 valence electrons. The van der Waals surface area contributed by atoms with Crippen molar-refractivity contribution < 1.29 is 0 Å². The van der Waals surface area contributed by atoms with Gasteiger partial charge in [0, 0.05) is 29.9 Å². The normalized spacial score (nSPS) is 10.6. The minimum Gasteiger partial charge on any atom is -0.264 e. The van der Waals surface area contributed by atoms with Crippen LogP contribution < -0.4 is 0 Å². The third-order valence-electron chi connectivity index (χ3n) is 1.86. The highest BCUT2D eigenvalue weighted by Crippen LogP contribution is 2.00. The van der Waals surface area contributed by atoms with Crippen molar-refractivity contribution >= 4 is 5.71 Å². The zero-order valence-corrected chi connectivity index (χ0v) is 12.6. The van der Waals surface area contributed by atoms with Gasteiger partial charge in [0.1, 0.15) is 0 Å². The number of hydrogen-bond donors (Lipinski definition) is 0. The quantitative estimate of drug-likeness (QED) is 0.542. The summed E-state index contributed by atoms with van der Waals surface area (Å²) in [4.78, 5) is 8.34. The van der Waals surface area contributed by atoms with Gasteiger partial charge in [-0.15, -0.1) is 0 Å². The van der Waals surface area contributed by atoms with Crippen molar-refractivity contribution in [3.63, 3.8) is 0 Å². The molecule has 2 nitrogen and oxygen atoms in total. The average Bonchev–Trinajstić information content (AvgIpc) is 2.49. The van der Waals surface area contributed by atoms with Crippen molar-refractivity contribution in [2.75, 3.05) is 0 Å². The van der Waals surface area contributed by atoms with E-state index < -0.39 is 0 Å². The van der Waals surface area contributed by atoms with E-state index in [0.29, 0.717) is 0 Å². The summed E-state index contributed by atoms with van der Waals surface area (Å²) in [5, 5.41) is 0. The number of nitrogens with zero attached hydrogens (tertiary/aromatic N) is 2. The monoisotopic (exact) mass is 246 g/mol. The third-order valence-corrected chi connectivity index (χ3v) is 1.86. The standard InChI is InChI=1S/C12H14N2.2C2H6/c1-4-10(2)8-14-11(3)12-6-5-7-13-9-12;2*1-2/h4-9H,1H2,2-3H3;2*1-2H3/b10-8-,14-11?;;. The molecule has 0 aliphatic heterocycles. The Kier molecular flexibility index (Phi) is 13.9. The summed E-state index contributed by atoms with van der Waals surface area (Å²) in [7, 11) is 0. The van der Waals surface area contributed by atoms with Gasteiger partial charge in [0.15, 0.2) is 0 Å². The lowest BCUT2D eigenvalue weighted by atomic mass is 10.2. The van der Waals surface area contributed by atoms with E-state index in [1.807, 2.05) is 53.7 Å². The summed E-state index contributed by atoms with van der Waals surface area (Å²) >= 11 is 0. The lowest BCUT2D eigenvalue weighted by Crippen LogP contribution is -1.93. The molecule has 0 amide bonds. The van der Waals surface area contributed by atoms with E-state index in [1.165, 1.54) is 0 Å². The van der Waals surface area contributed by atoms with E-state index in [1.54, 1.807) is 24.7 Å². The fourth-order valence-corrected chi connectivity index (χ4v) is 0.903. The molecule has 0 aliphatic rings. The Morgan fingerprint density at radius 3 is 2.28 bits per heavy atom. The molecule has 0 aromatic carbocycles. The van der Waals surface area contributed by atoms with Crippen molar-refractivity contribution in [3.8, 4) is 0 Å². The lowest BCUT2D eigenvalue weighted by molar-refractivity contribution is 1.30. The molecule has 1 aromatic heterocycles. The molecule has 2 heteroatoms. The maximum Gasteiger partial charge on any atom is 0.0460 e. The van der Waals surface area contributed by atoms with Gasteiger partial charge < -0.3 is 0 Å². The van der Waals surface area contributed by atoms with E-state index >= 15 is 0 Å². The zero-order chi connectivity index (χ0) is 14.4. The van der Waals surface area contributed by atoms with E-state index in [2.05, 4.69) is 16.6 Å². The smallest absolute Gasteiger partial charge is 0.0460 e. The van der Waals surface area contributed by atoms with E-state index in [-0.39, 0.29) is 0 Å². The van der Waals surface area contributed by atoms with Crippen LogP contribution in [0.1, 0.15) is 47.1 Å². The molecule has 0 bridgehead atoms. The summed E-state index contributed by atoms with van der Waals surface area (Å²) < 4.78 is 0. The van der Waals surface area contributed by atoms with Crippen LogP contribution in [0.3, 0.4) is 0 Å². The van der Waals surface area contributed by atoms with Crippen LogP contribution >= 0.6 is 0 Å². The second-order valence-electron chi connectivity index (χ2n) is 3.03. The van der Waals surface area contributed by atoms with Crippen LogP contribution in [-0.4, -0.2) is 10.7 Å². The second kappa shape index (κ2) is 13.4. The minimum absolute atomic E-state index is 0.958. The Hall–Kier alpha value is -1.70. The van der Waals surface area contributed by atoms with Crippen molar-refractivity contribution in [2.45, 2.75) is 41.5 Å². The van der Waals surface area contributed by atoms with E-state index in [0.717, 1.165) is 16.8 Å². The topological polar surface area (TPSA) is 25.2 Å². The molecule has 0 radical (unpaired) electrons. The molecule has 0 N–H and O–H groups in total. The maximum atomic E-state index is 4.31. The van der Waals surface area contributed by atoms with Gasteiger partial charge >= 0.3 is 0 Å². The second-order valence-corrected chi connectivity index (χ2v) is 3.03. The Bertz CT molecular complexity index is 362. The Labute approximate surface area is 112 Å². The predicted molar refractivity (Wildman–Crippen MR) is 83.1 cm³/mol. The highest BCUT2D eigenvalue weighted by molar-refractivity contribution is 5.98. The molecule has 0 unspecified atom stereocenters. The number of rotatable bonds is 3. The molecule has 1 rings (SSSR count). The highest BCUT2D eigenvalue weighted by atomic mass is 14.7. The molecule has 0 fully saturated rings. The molecule has 1 heterocycles. The third kappa shape index (κ3) is 8.45. The van der Waals surface area contributed by atoms with Gasteiger partial charge in [0.05, 0.1) is 0 Å². The van der Waals surface area contributed by atoms with Gasteiger partial charge in [0.2, 0.25) is 0 Å². The van der Waals surface area contributed by atoms with E-state index in [9.17, 15) is 0 Å². The van der Waals surface area contributed by atoms with Crippen LogP contribution in [0.5, 0.6) is 0 Å². The van der Waals surface area contributed by atoms with Crippen molar-refractivity contribution in [2.24, 2.45) is 4.99 Å². The summed E-state index contributed by atoms with van der Waals surface area (Å²) in [6, 6.07) is 3.89. The van der Waals surface area contributed by atoms with Crippen molar-refractivity contribution in [1.29, 1.82) is 0 Å². The van der Waals surface area contributed by atoms with Gasteiger partial charge in [-0.2, -0.15) is 0 Å². The molecule has 0 aliphatic carbocycles. The van der Waals surface area contributed by atoms with Crippen molar-refractivity contribution in [1.82, 2.24) is 4.98 Å². The van der Waals surface area contributed by atoms with Crippen LogP contribution in [0, 0.1) is 0 Å². The highest BCUT2D eigenvalue weighted by Gasteiger charge is 1.93. The van der Waals surface area contributed by atoms with E-state index in [4.69, 9.17) is 0 Å². The van der Waals surface area contributed by atoms with Crippen LogP contribution in [0.4, 0.5) is 0 Å². The fraction of sp³-hybridized carbons (Fsp3) is 0.375. The molecule has 0 atom stereocenters. The van der Waals surface area contributed by atoms with Gasteiger partial charge in [-0.05, 0) is 25.5 Å². The first-order valence-corrected chi connectivity index (χ1v) is 6.48. The van der Waals surface area contributed by atoms with Gasteiger partial charge in [-0.1, -0.05) is 46.4 Å². The first kappa shape index (κ1) is 18.7. The molecule has 0 saturated carbocycles. The number of hydrogen-bond acceptors (Lipinski definition) is 2. The number of pyridine rings is 1. The van der Waals surface area contributed by atoms with Crippen molar-refractivity contribution in [3.05, 3.63) is 54.5 Å². The molecule has 0 saturated heterocycles. The molecular formula is C16H26N2.